The van der Waals surface area contributed by atoms with Crippen LogP contribution in [0.15, 0.2) is 102 Å². The Labute approximate surface area is 229 Å². The number of ether oxygens (including phenoxy) is 3. The van der Waals surface area contributed by atoms with Crippen LogP contribution in [0.1, 0.15) is 41.5 Å². The molecule has 0 saturated heterocycles. The van der Waals surface area contributed by atoms with E-state index < -0.39 is 17.9 Å². The summed E-state index contributed by atoms with van der Waals surface area (Å²) in [4.78, 5) is 36.4. The van der Waals surface area contributed by atoms with Crippen LogP contribution >= 0.6 is 0 Å². The monoisotopic (exact) mass is 524 g/mol. The van der Waals surface area contributed by atoms with Crippen molar-refractivity contribution in [3.05, 3.63) is 102 Å². The molecule has 3 aromatic carbocycles. The minimum absolute atomic E-state index is 0.378. The fourth-order valence-electron chi connectivity index (χ4n) is 3.58. The quantitative estimate of drug-likeness (QED) is 0.171. The third-order valence-corrected chi connectivity index (χ3v) is 5.20. The van der Waals surface area contributed by atoms with Gasteiger partial charge in [0.25, 0.3) is 0 Å². The van der Waals surface area contributed by atoms with E-state index in [0.29, 0.717) is 22.8 Å². The average Bonchev–Trinajstić information content (AvgIpc) is 2.83. The second-order valence-electron chi connectivity index (χ2n) is 9.69. The van der Waals surface area contributed by atoms with Crippen LogP contribution in [-0.2, 0) is 14.4 Å². The largest absolute Gasteiger partial charge is 0.423 e. The van der Waals surface area contributed by atoms with E-state index >= 15 is 0 Å². The van der Waals surface area contributed by atoms with Crippen LogP contribution in [0.5, 0.6) is 17.2 Å². The van der Waals surface area contributed by atoms with Gasteiger partial charge < -0.3 is 14.2 Å². The van der Waals surface area contributed by atoms with E-state index in [9.17, 15) is 14.4 Å². The van der Waals surface area contributed by atoms with Gasteiger partial charge in [-0.1, -0.05) is 53.1 Å². The second kappa shape index (κ2) is 13.2. The van der Waals surface area contributed by atoms with E-state index in [0.717, 1.165) is 33.4 Å². The van der Waals surface area contributed by atoms with Crippen molar-refractivity contribution in [1.29, 1.82) is 0 Å². The minimum atomic E-state index is -0.484. The van der Waals surface area contributed by atoms with Crippen molar-refractivity contribution < 1.29 is 28.6 Å². The standard InChI is InChI=1S/C33H32O6/c1-21(2)17-31(34)37-27-12-7-24(8-13-27)26-11-16-29(30(20-26)39-33(36)19-23(5)6)25-9-14-28(15-10-25)38-32(35)18-22(3)4/h7-20H,1-6H3. The number of rotatable bonds is 8. The fourth-order valence-corrected chi connectivity index (χ4v) is 3.58. The molecule has 3 aromatic rings. The molecule has 39 heavy (non-hydrogen) atoms. The molecule has 0 bridgehead atoms. The van der Waals surface area contributed by atoms with Gasteiger partial charge in [-0.15, -0.1) is 0 Å². The van der Waals surface area contributed by atoms with Gasteiger partial charge in [-0.3, -0.25) is 0 Å². The maximum Gasteiger partial charge on any atom is 0.336 e. The maximum atomic E-state index is 12.5. The molecular weight excluding hydrogens is 492 g/mol. The van der Waals surface area contributed by atoms with E-state index in [-0.39, 0.29) is 0 Å². The topological polar surface area (TPSA) is 78.9 Å². The molecule has 200 valence electrons. The molecule has 0 fully saturated rings. The first-order valence-corrected chi connectivity index (χ1v) is 12.4. The van der Waals surface area contributed by atoms with Crippen molar-refractivity contribution in [2.75, 3.05) is 0 Å². The molecule has 0 unspecified atom stereocenters. The Balaban J connectivity index is 1.92. The van der Waals surface area contributed by atoms with Crippen molar-refractivity contribution in [3.63, 3.8) is 0 Å². The van der Waals surface area contributed by atoms with E-state index in [1.807, 2.05) is 65.8 Å². The summed E-state index contributed by atoms with van der Waals surface area (Å²) in [6.45, 7) is 10.9. The molecule has 0 aliphatic rings. The van der Waals surface area contributed by atoms with Crippen LogP contribution < -0.4 is 14.2 Å². The zero-order valence-corrected chi connectivity index (χ0v) is 23.0. The van der Waals surface area contributed by atoms with Crippen molar-refractivity contribution in [1.82, 2.24) is 0 Å². The number of hydrogen-bond donors (Lipinski definition) is 0. The average molecular weight is 525 g/mol. The third kappa shape index (κ3) is 8.97. The van der Waals surface area contributed by atoms with Gasteiger partial charge in [0.1, 0.15) is 17.2 Å². The summed E-state index contributed by atoms with van der Waals surface area (Å²) in [6, 6.07) is 19.6. The van der Waals surface area contributed by atoms with Crippen LogP contribution in [0.3, 0.4) is 0 Å². The lowest BCUT2D eigenvalue weighted by molar-refractivity contribution is -0.130. The van der Waals surface area contributed by atoms with E-state index in [4.69, 9.17) is 14.2 Å². The normalized spacial score (nSPS) is 10.1. The van der Waals surface area contributed by atoms with Gasteiger partial charge in [-0.05, 0) is 88.6 Å². The van der Waals surface area contributed by atoms with E-state index in [2.05, 4.69) is 0 Å². The molecule has 0 heterocycles. The van der Waals surface area contributed by atoms with Gasteiger partial charge in [-0.25, -0.2) is 14.4 Å². The molecule has 3 rings (SSSR count). The van der Waals surface area contributed by atoms with Crippen molar-refractivity contribution in [2.45, 2.75) is 41.5 Å². The number of carbonyl (C=O) groups excluding carboxylic acids is 3. The smallest absolute Gasteiger partial charge is 0.336 e. The summed E-state index contributed by atoms with van der Waals surface area (Å²) in [5, 5.41) is 0. The van der Waals surface area contributed by atoms with E-state index in [1.54, 1.807) is 42.5 Å². The van der Waals surface area contributed by atoms with Gasteiger partial charge in [0.05, 0.1) is 0 Å². The number of carbonyl (C=O) groups is 3. The van der Waals surface area contributed by atoms with Crippen LogP contribution in [-0.4, -0.2) is 17.9 Å². The predicted octanol–water partition coefficient (Wildman–Crippen LogP) is 7.64. The molecule has 0 N–H and O–H groups in total. The zero-order chi connectivity index (χ0) is 28.5. The molecule has 0 spiro atoms. The lowest BCUT2D eigenvalue weighted by atomic mass is 9.99. The van der Waals surface area contributed by atoms with E-state index in [1.165, 1.54) is 18.2 Å². The summed E-state index contributed by atoms with van der Waals surface area (Å²) >= 11 is 0. The summed E-state index contributed by atoms with van der Waals surface area (Å²) in [5.74, 6) is -0.144. The summed E-state index contributed by atoms with van der Waals surface area (Å²) in [6.07, 6.45) is 4.28. The van der Waals surface area contributed by atoms with Gasteiger partial charge in [-0.2, -0.15) is 0 Å². The Morgan fingerprint density at radius 2 is 0.872 bits per heavy atom. The first-order chi connectivity index (χ1) is 18.5. The summed E-state index contributed by atoms with van der Waals surface area (Å²) in [7, 11) is 0. The Hall–Kier alpha value is -4.71. The molecule has 0 amide bonds. The molecular formula is C33H32O6. The Morgan fingerprint density at radius 1 is 0.487 bits per heavy atom. The van der Waals surface area contributed by atoms with Crippen molar-refractivity contribution >= 4 is 17.9 Å². The number of benzene rings is 3. The number of esters is 3. The third-order valence-electron chi connectivity index (χ3n) is 5.20. The molecule has 0 aliphatic carbocycles. The minimum Gasteiger partial charge on any atom is -0.423 e. The highest BCUT2D eigenvalue weighted by atomic mass is 16.5. The Bertz CT molecular complexity index is 1440. The van der Waals surface area contributed by atoms with Crippen molar-refractivity contribution in [3.8, 4) is 39.5 Å². The molecule has 0 aromatic heterocycles. The molecule has 6 heteroatoms. The summed E-state index contributed by atoms with van der Waals surface area (Å²) < 4.78 is 16.4. The molecule has 0 saturated carbocycles. The molecule has 0 atom stereocenters. The lowest BCUT2D eigenvalue weighted by Gasteiger charge is -2.13. The molecule has 0 aliphatic heterocycles. The highest BCUT2D eigenvalue weighted by Gasteiger charge is 2.13. The summed E-state index contributed by atoms with van der Waals surface area (Å²) in [5.41, 5.74) is 5.66. The van der Waals surface area contributed by atoms with Crippen molar-refractivity contribution in [2.24, 2.45) is 0 Å². The van der Waals surface area contributed by atoms with Gasteiger partial charge in [0, 0.05) is 23.8 Å². The zero-order valence-electron chi connectivity index (χ0n) is 23.0. The number of allylic oxidation sites excluding steroid dienone is 3. The Kier molecular flexibility index (Phi) is 9.76. The number of hydrogen-bond acceptors (Lipinski definition) is 6. The lowest BCUT2D eigenvalue weighted by Crippen LogP contribution is -2.06. The van der Waals surface area contributed by atoms with Crippen LogP contribution in [0.2, 0.25) is 0 Å². The maximum absolute atomic E-state index is 12.5. The van der Waals surface area contributed by atoms with Gasteiger partial charge >= 0.3 is 17.9 Å². The Morgan fingerprint density at radius 3 is 1.31 bits per heavy atom. The predicted molar refractivity (Wildman–Crippen MR) is 153 cm³/mol. The van der Waals surface area contributed by atoms with Crippen LogP contribution in [0, 0.1) is 0 Å². The SMILES string of the molecule is CC(C)=CC(=O)Oc1ccc(-c2ccc(-c3ccc(OC(=O)C=C(C)C)cc3)c(OC(=O)C=C(C)C)c2)cc1. The molecule has 0 radical (unpaired) electrons. The first kappa shape index (κ1) is 28.9. The van der Waals surface area contributed by atoms with Gasteiger partial charge in [0.2, 0.25) is 0 Å². The van der Waals surface area contributed by atoms with Crippen LogP contribution in [0.4, 0.5) is 0 Å². The van der Waals surface area contributed by atoms with Gasteiger partial charge in [0.15, 0.2) is 0 Å². The highest BCUT2D eigenvalue weighted by molar-refractivity contribution is 5.88. The second-order valence-corrected chi connectivity index (χ2v) is 9.69. The molecule has 6 nitrogen and oxygen atoms in total. The fraction of sp³-hybridized carbons (Fsp3) is 0.182. The first-order valence-electron chi connectivity index (χ1n) is 12.4. The highest BCUT2D eigenvalue weighted by Crippen LogP contribution is 2.36. The van der Waals surface area contributed by atoms with Crippen LogP contribution in [0.25, 0.3) is 22.3 Å².